The third-order valence-electron chi connectivity index (χ3n) is 4.60. The van der Waals surface area contributed by atoms with Gasteiger partial charge in [-0.1, -0.05) is 12.8 Å². The molecule has 1 atom stereocenters. The summed E-state index contributed by atoms with van der Waals surface area (Å²) in [7, 11) is -3.93. The first-order valence-electron chi connectivity index (χ1n) is 8.91. The molecule has 28 heavy (non-hydrogen) atoms. The van der Waals surface area contributed by atoms with Crippen LogP contribution in [-0.2, 0) is 14.8 Å². The van der Waals surface area contributed by atoms with Crippen LogP contribution in [-0.4, -0.2) is 36.4 Å². The van der Waals surface area contributed by atoms with Crippen molar-refractivity contribution >= 4 is 15.9 Å². The molecule has 0 radical (unpaired) electrons. The summed E-state index contributed by atoms with van der Waals surface area (Å²) in [5.74, 6) is -0.301. The summed E-state index contributed by atoms with van der Waals surface area (Å²) in [6, 6.07) is 10.3. The van der Waals surface area contributed by atoms with E-state index in [1.54, 1.807) is 5.48 Å². The molecule has 2 aromatic rings. The quantitative estimate of drug-likeness (QED) is 0.586. The average Bonchev–Trinajstić information content (AvgIpc) is 2.96. The maximum atomic E-state index is 13.1. The Bertz CT molecular complexity index is 916. The molecule has 9 heteroatoms. The minimum atomic E-state index is -3.93. The van der Waals surface area contributed by atoms with E-state index < -0.39 is 22.0 Å². The lowest BCUT2D eigenvalue weighted by Crippen LogP contribution is -2.48. The number of nitrogens with zero attached hydrogens (tertiary/aromatic N) is 1. The van der Waals surface area contributed by atoms with Crippen molar-refractivity contribution < 1.29 is 27.5 Å². The van der Waals surface area contributed by atoms with Gasteiger partial charge in [-0.25, -0.2) is 18.3 Å². The molecule has 1 amide bonds. The normalized spacial score (nSPS) is 18.3. The van der Waals surface area contributed by atoms with Gasteiger partial charge < -0.3 is 4.74 Å². The second-order valence-corrected chi connectivity index (χ2v) is 8.37. The highest BCUT2D eigenvalue weighted by atomic mass is 32.2. The predicted octanol–water partition coefficient (Wildman–Crippen LogP) is 3.06. The largest absolute Gasteiger partial charge is 0.457 e. The van der Waals surface area contributed by atoms with E-state index in [2.05, 4.69) is 0 Å². The lowest BCUT2D eigenvalue weighted by Gasteiger charge is -2.27. The van der Waals surface area contributed by atoms with Crippen molar-refractivity contribution in [1.29, 1.82) is 0 Å². The molecular weight excluding hydrogens is 387 g/mol. The smallest absolute Gasteiger partial charge is 0.261 e. The monoisotopic (exact) mass is 408 g/mol. The number of nitrogens with one attached hydrogen (secondary N) is 1. The van der Waals surface area contributed by atoms with Crippen LogP contribution in [0.1, 0.15) is 25.7 Å². The molecule has 0 saturated carbocycles. The van der Waals surface area contributed by atoms with Gasteiger partial charge in [-0.2, -0.15) is 4.31 Å². The Hall–Kier alpha value is -2.49. The van der Waals surface area contributed by atoms with Crippen LogP contribution < -0.4 is 10.2 Å². The molecule has 0 bridgehead atoms. The van der Waals surface area contributed by atoms with Gasteiger partial charge >= 0.3 is 0 Å². The van der Waals surface area contributed by atoms with Gasteiger partial charge in [0.1, 0.15) is 23.4 Å². The maximum Gasteiger partial charge on any atom is 0.261 e. The van der Waals surface area contributed by atoms with Crippen molar-refractivity contribution in [1.82, 2.24) is 9.79 Å². The second kappa shape index (κ2) is 8.68. The van der Waals surface area contributed by atoms with Crippen molar-refractivity contribution in [3.05, 3.63) is 54.3 Å². The minimum Gasteiger partial charge on any atom is -0.457 e. The molecule has 1 aliphatic heterocycles. The number of rotatable bonds is 5. The molecule has 0 aliphatic carbocycles. The molecule has 1 unspecified atom stereocenters. The van der Waals surface area contributed by atoms with Gasteiger partial charge in [0.25, 0.3) is 5.91 Å². The molecule has 0 spiro atoms. The van der Waals surface area contributed by atoms with Crippen LogP contribution in [0.3, 0.4) is 0 Å². The van der Waals surface area contributed by atoms with Gasteiger partial charge in [0.15, 0.2) is 0 Å². The molecule has 2 aromatic carbocycles. The summed E-state index contributed by atoms with van der Waals surface area (Å²) in [4.78, 5) is 12.0. The van der Waals surface area contributed by atoms with Crippen LogP contribution in [0.2, 0.25) is 0 Å². The van der Waals surface area contributed by atoms with Gasteiger partial charge in [0.2, 0.25) is 10.0 Å². The lowest BCUT2D eigenvalue weighted by atomic mass is 10.1. The van der Waals surface area contributed by atoms with Crippen molar-refractivity contribution in [2.75, 3.05) is 6.54 Å². The van der Waals surface area contributed by atoms with Crippen LogP contribution in [0.15, 0.2) is 53.4 Å². The van der Waals surface area contributed by atoms with Gasteiger partial charge in [-0.15, -0.1) is 0 Å². The van der Waals surface area contributed by atoms with Gasteiger partial charge in [-0.05, 0) is 61.4 Å². The first-order chi connectivity index (χ1) is 13.4. The zero-order valence-corrected chi connectivity index (χ0v) is 15.9. The van der Waals surface area contributed by atoms with E-state index in [0.29, 0.717) is 30.8 Å². The van der Waals surface area contributed by atoms with E-state index in [4.69, 9.17) is 9.94 Å². The molecule has 1 heterocycles. The van der Waals surface area contributed by atoms with E-state index in [9.17, 15) is 17.6 Å². The summed E-state index contributed by atoms with van der Waals surface area (Å²) in [6.07, 6.45) is 2.50. The van der Waals surface area contributed by atoms with Crippen LogP contribution in [0.4, 0.5) is 4.39 Å². The van der Waals surface area contributed by atoms with E-state index >= 15 is 0 Å². The number of ether oxygens (including phenoxy) is 1. The molecule has 150 valence electrons. The van der Waals surface area contributed by atoms with Crippen molar-refractivity contribution in [3.63, 3.8) is 0 Å². The number of sulfonamides is 1. The maximum absolute atomic E-state index is 13.1. The number of hydrogen-bond acceptors (Lipinski definition) is 5. The fourth-order valence-corrected chi connectivity index (χ4v) is 4.82. The fraction of sp³-hybridized carbons (Fsp3) is 0.316. The summed E-state index contributed by atoms with van der Waals surface area (Å²) >= 11 is 0. The van der Waals surface area contributed by atoms with Crippen LogP contribution in [0.5, 0.6) is 11.5 Å². The third-order valence-corrected chi connectivity index (χ3v) is 6.52. The first kappa shape index (κ1) is 20.2. The van der Waals surface area contributed by atoms with Crippen LogP contribution in [0, 0.1) is 5.82 Å². The highest BCUT2D eigenvalue weighted by Gasteiger charge is 2.36. The van der Waals surface area contributed by atoms with Gasteiger partial charge in [0, 0.05) is 6.54 Å². The van der Waals surface area contributed by atoms with Gasteiger partial charge in [0.05, 0.1) is 4.90 Å². The topological polar surface area (TPSA) is 95.9 Å². The number of amides is 1. The van der Waals surface area contributed by atoms with E-state index in [-0.39, 0.29) is 17.3 Å². The van der Waals surface area contributed by atoms with E-state index in [1.807, 2.05) is 0 Å². The zero-order valence-electron chi connectivity index (χ0n) is 15.0. The Labute approximate surface area is 162 Å². The average molecular weight is 408 g/mol. The number of hydroxylamine groups is 1. The number of carbonyl (C=O) groups is 1. The number of benzene rings is 2. The Morgan fingerprint density at radius 2 is 1.64 bits per heavy atom. The molecule has 1 fully saturated rings. The Kier molecular flexibility index (Phi) is 6.28. The Morgan fingerprint density at radius 3 is 2.25 bits per heavy atom. The van der Waals surface area contributed by atoms with Crippen LogP contribution in [0.25, 0.3) is 0 Å². The molecule has 1 aliphatic rings. The predicted molar refractivity (Wildman–Crippen MR) is 99.0 cm³/mol. The van der Waals surface area contributed by atoms with Crippen molar-refractivity contribution in [3.8, 4) is 11.5 Å². The number of carbonyl (C=O) groups excluding carboxylic acids is 1. The molecule has 7 nitrogen and oxygen atoms in total. The molecule has 1 saturated heterocycles. The van der Waals surface area contributed by atoms with Gasteiger partial charge in [-0.3, -0.25) is 10.0 Å². The molecule has 0 aromatic heterocycles. The summed E-state index contributed by atoms with van der Waals surface area (Å²) in [5, 5.41) is 8.97. The third kappa shape index (κ3) is 4.49. The minimum absolute atomic E-state index is 0.0246. The standard InChI is InChI=1S/C19H21FN2O5S/c20-14-5-7-15(8-6-14)27-16-9-11-17(12-10-16)28(25,26)22-13-3-1-2-4-18(22)19(23)21-24/h5-12,18,24H,1-4,13H2,(H,21,23). The summed E-state index contributed by atoms with van der Waals surface area (Å²) in [6.45, 7) is 0.203. The lowest BCUT2D eigenvalue weighted by molar-refractivity contribution is -0.133. The highest BCUT2D eigenvalue weighted by Crippen LogP contribution is 2.28. The number of hydrogen-bond donors (Lipinski definition) is 2. The Balaban J connectivity index is 1.82. The first-order valence-corrected chi connectivity index (χ1v) is 10.3. The van der Waals surface area contributed by atoms with E-state index in [1.165, 1.54) is 48.5 Å². The van der Waals surface area contributed by atoms with Crippen LogP contribution >= 0.6 is 0 Å². The van der Waals surface area contributed by atoms with E-state index in [0.717, 1.165) is 10.7 Å². The van der Waals surface area contributed by atoms with Crippen molar-refractivity contribution in [2.45, 2.75) is 36.6 Å². The zero-order chi connectivity index (χ0) is 20.1. The van der Waals surface area contributed by atoms with Crippen molar-refractivity contribution in [2.24, 2.45) is 0 Å². The summed E-state index contributed by atoms with van der Waals surface area (Å²) in [5.41, 5.74) is 1.56. The molecule has 2 N–H and O–H groups in total. The molecular formula is C19H21FN2O5S. The highest BCUT2D eigenvalue weighted by molar-refractivity contribution is 7.89. The molecule has 3 rings (SSSR count). The fourth-order valence-electron chi connectivity index (χ4n) is 3.16. The number of halogens is 1. The summed E-state index contributed by atoms with van der Waals surface area (Å²) < 4.78 is 45.8. The SMILES string of the molecule is O=C(NO)C1CCCCCN1S(=O)(=O)c1ccc(Oc2ccc(F)cc2)cc1. The Morgan fingerprint density at radius 1 is 1.04 bits per heavy atom. The second-order valence-electron chi connectivity index (χ2n) is 6.48.